The Morgan fingerprint density at radius 1 is 1.22 bits per heavy atom. The Balaban J connectivity index is 1.58. The molecular formula is C28H28N2O5S. The minimum absolute atomic E-state index is 0.0326. The van der Waals surface area contributed by atoms with Crippen LogP contribution in [0.3, 0.4) is 0 Å². The standard InChI is InChI=1S/C28H28N2O5S/c1-3-4-5-12-34-21-8-6-7-18(16-21)24-23(26(32)27(33)30(24)28-29-11-13-36-28)25(31)19-9-10-22-20(15-19)14-17(2)35-22/h6-11,13,15-17,24,31H,3-5,12,14H2,1-2H3/b25-23-. The van der Waals surface area contributed by atoms with Crippen LogP contribution in [-0.2, 0) is 16.0 Å². The second kappa shape index (κ2) is 10.1. The maximum atomic E-state index is 13.3. The van der Waals surface area contributed by atoms with Gasteiger partial charge in [0.2, 0.25) is 0 Å². The highest BCUT2D eigenvalue weighted by Gasteiger charge is 2.48. The average molecular weight is 505 g/mol. The molecule has 2 aromatic carbocycles. The van der Waals surface area contributed by atoms with E-state index in [-0.39, 0.29) is 17.4 Å². The fraction of sp³-hybridized carbons (Fsp3) is 0.321. The second-order valence-corrected chi connectivity index (χ2v) is 9.94. The molecule has 2 aliphatic heterocycles. The van der Waals surface area contributed by atoms with Gasteiger partial charge in [-0.2, -0.15) is 0 Å². The van der Waals surface area contributed by atoms with Crippen LogP contribution in [0.15, 0.2) is 59.6 Å². The van der Waals surface area contributed by atoms with Crippen LogP contribution in [-0.4, -0.2) is 34.5 Å². The molecule has 0 bridgehead atoms. The van der Waals surface area contributed by atoms with Crippen LogP contribution in [0.1, 0.15) is 55.8 Å². The number of nitrogens with zero attached hydrogens (tertiary/aromatic N) is 2. The summed E-state index contributed by atoms with van der Waals surface area (Å²) in [5.41, 5.74) is 2.13. The van der Waals surface area contributed by atoms with Crippen LogP contribution < -0.4 is 14.4 Å². The fourth-order valence-corrected chi connectivity index (χ4v) is 5.39. The minimum atomic E-state index is -0.834. The van der Waals surface area contributed by atoms with Crippen LogP contribution in [0.4, 0.5) is 5.13 Å². The fourth-order valence-electron chi connectivity index (χ4n) is 4.72. The van der Waals surface area contributed by atoms with Crippen molar-refractivity contribution in [1.82, 2.24) is 4.98 Å². The molecule has 1 amide bonds. The number of rotatable bonds is 8. The first-order valence-electron chi connectivity index (χ1n) is 12.2. The molecule has 186 valence electrons. The number of carbonyl (C=O) groups excluding carboxylic acids is 2. The molecule has 0 saturated carbocycles. The number of unbranched alkanes of at least 4 members (excludes halogenated alkanes) is 2. The van der Waals surface area contributed by atoms with Gasteiger partial charge >= 0.3 is 5.91 Å². The summed E-state index contributed by atoms with van der Waals surface area (Å²) in [5.74, 6) is -0.256. The maximum Gasteiger partial charge on any atom is 0.301 e. The number of amides is 1. The molecule has 1 N–H and O–H groups in total. The van der Waals surface area contributed by atoms with Crippen molar-refractivity contribution in [1.29, 1.82) is 0 Å². The summed E-state index contributed by atoms with van der Waals surface area (Å²) in [6.07, 6.45) is 5.47. The third kappa shape index (κ3) is 4.48. The van der Waals surface area contributed by atoms with Crippen molar-refractivity contribution in [3.8, 4) is 11.5 Å². The van der Waals surface area contributed by atoms with E-state index in [9.17, 15) is 14.7 Å². The van der Waals surface area contributed by atoms with Gasteiger partial charge in [-0.05, 0) is 54.8 Å². The Kier molecular flexibility index (Phi) is 6.78. The number of ketones is 1. The number of aliphatic hydroxyl groups excluding tert-OH is 1. The summed E-state index contributed by atoms with van der Waals surface area (Å²) in [4.78, 5) is 32.2. The number of hydrogen-bond donors (Lipinski definition) is 1. The van der Waals surface area contributed by atoms with Crippen molar-refractivity contribution < 1.29 is 24.2 Å². The number of aliphatic hydroxyl groups is 1. The normalized spacial score (nSPS) is 20.4. The molecule has 0 radical (unpaired) electrons. The van der Waals surface area contributed by atoms with E-state index in [2.05, 4.69) is 11.9 Å². The molecular weight excluding hydrogens is 476 g/mol. The highest BCUT2D eigenvalue weighted by molar-refractivity contribution is 7.14. The van der Waals surface area contributed by atoms with E-state index in [1.54, 1.807) is 23.7 Å². The van der Waals surface area contributed by atoms with Gasteiger partial charge in [-0.1, -0.05) is 31.9 Å². The number of carbonyl (C=O) groups is 2. The van der Waals surface area contributed by atoms with Gasteiger partial charge in [-0.25, -0.2) is 4.98 Å². The van der Waals surface area contributed by atoms with E-state index in [4.69, 9.17) is 9.47 Å². The van der Waals surface area contributed by atoms with Gasteiger partial charge in [0.05, 0.1) is 18.2 Å². The van der Waals surface area contributed by atoms with Gasteiger partial charge in [-0.15, -0.1) is 11.3 Å². The molecule has 2 unspecified atom stereocenters. The van der Waals surface area contributed by atoms with Gasteiger partial charge in [0.15, 0.2) is 5.13 Å². The largest absolute Gasteiger partial charge is 0.507 e. The molecule has 3 aromatic rings. The van der Waals surface area contributed by atoms with Gasteiger partial charge in [-0.3, -0.25) is 14.5 Å². The number of aromatic nitrogens is 1. The number of Topliss-reactive ketones (excluding diaryl/α,β-unsaturated/α-hetero) is 1. The summed E-state index contributed by atoms with van der Waals surface area (Å²) >= 11 is 1.26. The number of anilines is 1. The second-order valence-electron chi connectivity index (χ2n) is 9.07. The van der Waals surface area contributed by atoms with Crippen LogP contribution in [0.5, 0.6) is 11.5 Å². The number of thiazole rings is 1. The van der Waals surface area contributed by atoms with E-state index < -0.39 is 17.7 Å². The smallest absolute Gasteiger partial charge is 0.301 e. The van der Waals surface area contributed by atoms with Crippen molar-refractivity contribution in [2.45, 2.75) is 51.7 Å². The molecule has 1 aromatic heterocycles. The Morgan fingerprint density at radius 3 is 2.86 bits per heavy atom. The predicted molar refractivity (Wildman–Crippen MR) is 139 cm³/mol. The molecule has 0 aliphatic carbocycles. The van der Waals surface area contributed by atoms with Crippen molar-refractivity contribution in [3.05, 3.63) is 76.3 Å². The van der Waals surface area contributed by atoms with E-state index in [1.807, 2.05) is 37.3 Å². The number of fused-ring (bicyclic) bond motifs is 1. The molecule has 3 heterocycles. The Labute approximate surface area is 214 Å². The number of hydrogen-bond acceptors (Lipinski definition) is 7. The lowest BCUT2D eigenvalue weighted by Crippen LogP contribution is -2.29. The summed E-state index contributed by atoms with van der Waals surface area (Å²) in [5, 5.41) is 13.6. The number of benzene rings is 2. The molecule has 0 spiro atoms. The van der Waals surface area contributed by atoms with Crippen LogP contribution in [0, 0.1) is 0 Å². The third-order valence-corrected chi connectivity index (χ3v) is 7.20. The van der Waals surface area contributed by atoms with Crippen molar-refractivity contribution >= 4 is 33.9 Å². The molecule has 8 heteroatoms. The lowest BCUT2D eigenvalue weighted by Gasteiger charge is -2.23. The first-order valence-corrected chi connectivity index (χ1v) is 13.1. The zero-order chi connectivity index (χ0) is 25.2. The van der Waals surface area contributed by atoms with Crippen LogP contribution in [0.2, 0.25) is 0 Å². The zero-order valence-electron chi connectivity index (χ0n) is 20.3. The predicted octanol–water partition coefficient (Wildman–Crippen LogP) is 5.66. The Bertz CT molecular complexity index is 1320. The van der Waals surface area contributed by atoms with Gasteiger partial charge in [0.1, 0.15) is 23.4 Å². The van der Waals surface area contributed by atoms with Crippen molar-refractivity contribution in [2.75, 3.05) is 11.5 Å². The average Bonchev–Trinajstić information content (AvgIpc) is 3.59. The van der Waals surface area contributed by atoms with Gasteiger partial charge < -0.3 is 14.6 Å². The monoisotopic (exact) mass is 504 g/mol. The summed E-state index contributed by atoms with van der Waals surface area (Å²) in [6.45, 7) is 4.70. The van der Waals surface area contributed by atoms with E-state index in [1.165, 1.54) is 16.2 Å². The summed E-state index contributed by atoms with van der Waals surface area (Å²) < 4.78 is 11.7. The SMILES string of the molecule is CCCCCOc1cccc(C2/C(=C(/O)c3ccc4c(c3)CC(C)O4)C(=O)C(=O)N2c2nccs2)c1. The molecule has 2 aliphatic rings. The zero-order valence-corrected chi connectivity index (χ0v) is 21.1. The first-order chi connectivity index (χ1) is 17.5. The van der Waals surface area contributed by atoms with Crippen LogP contribution >= 0.6 is 11.3 Å². The quantitative estimate of drug-likeness (QED) is 0.184. The topological polar surface area (TPSA) is 89.0 Å². The number of ether oxygens (including phenoxy) is 2. The van der Waals surface area contributed by atoms with E-state index in [0.29, 0.717) is 35.0 Å². The van der Waals surface area contributed by atoms with E-state index >= 15 is 0 Å². The highest BCUT2D eigenvalue weighted by Crippen LogP contribution is 2.44. The minimum Gasteiger partial charge on any atom is -0.507 e. The summed E-state index contributed by atoms with van der Waals surface area (Å²) in [7, 11) is 0. The molecule has 1 fully saturated rings. The Hall–Kier alpha value is -3.65. The molecule has 5 rings (SSSR count). The summed E-state index contributed by atoms with van der Waals surface area (Å²) in [6, 6.07) is 11.9. The van der Waals surface area contributed by atoms with Crippen molar-refractivity contribution in [2.24, 2.45) is 0 Å². The molecule has 2 atom stereocenters. The first kappa shape index (κ1) is 24.1. The molecule has 7 nitrogen and oxygen atoms in total. The van der Waals surface area contributed by atoms with Crippen molar-refractivity contribution in [3.63, 3.8) is 0 Å². The maximum absolute atomic E-state index is 13.3. The van der Waals surface area contributed by atoms with Gasteiger partial charge in [0, 0.05) is 23.6 Å². The molecule has 1 saturated heterocycles. The lowest BCUT2D eigenvalue weighted by molar-refractivity contribution is -0.132. The molecule has 36 heavy (non-hydrogen) atoms. The van der Waals surface area contributed by atoms with Crippen LogP contribution in [0.25, 0.3) is 5.76 Å². The third-order valence-electron chi connectivity index (χ3n) is 6.43. The van der Waals surface area contributed by atoms with E-state index in [0.717, 1.165) is 30.6 Å². The van der Waals surface area contributed by atoms with Gasteiger partial charge in [0.25, 0.3) is 5.78 Å². The Morgan fingerprint density at radius 2 is 2.08 bits per heavy atom. The highest BCUT2D eigenvalue weighted by atomic mass is 32.1. The lowest BCUT2D eigenvalue weighted by atomic mass is 9.94.